The van der Waals surface area contributed by atoms with Crippen LogP contribution in [0.5, 0.6) is 0 Å². The Bertz CT molecular complexity index is 480. The van der Waals surface area contributed by atoms with Gasteiger partial charge in [0.15, 0.2) is 0 Å². The largest absolute Gasteiger partial charge is 0.337 e. The number of nitrogens with one attached hydrogen (secondary N) is 1. The smallest absolute Gasteiger partial charge is 0.0945 e. The summed E-state index contributed by atoms with van der Waals surface area (Å²) in [6, 6.07) is 0.252. The lowest BCUT2D eigenvalue weighted by Gasteiger charge is -2.14. The molecular weight excluding hydrogens is 238 g/mol. The van der Waals surface area contributed by atoms with Crippen molar-refractivity contribution in [3.8, 4) is 0 Å². The summed E-state index contributed by atoms with van der Waals surface area (Å²) in [4.78, 5) is 12.7. The highest BCUT2D eigenvalue weighted by Crippen LogP contribution is 2.11. The lowest BCUT2D eigenvalue weighted by atomic mass is 10.2. The van der Waals surface area contributed by atoms with Gasteiger partial charge in [-0.1, -0.05) is 0 Å². The third-order valence-corrected chi connectivity index (χ3v) is 3.18. The third kappa shape index (κ3) is 4.13. The molecule has 1 N–H and O–H groups in total. The summed E-state index contributed by atoms with van der Waals surface area (Å²) in [7, 11) is 0. The molecule has 0 amide bonds. The van der Waals surface area contributed by atoms with Crippen LogP contribution in [0.15, 0.2) is 31.1 Å². The van der Waals surface area contributed by atoms with Crippen LogP contribution >= 0.6 is 0 Å². The van der Waals surface area contributed by atoms with E-state index in [1.165, 1.54) is 0 Å². The van der Waals surface area contributed by atoms with E-state index in [0.29, 0.717) is 0 Å². The van der Waals surface area contributed by atoms with E-state index in [9.17, 15) is 0 Å². The first-order valence-electron chi connectivity index (χ1n) is 6.74. The molecule has 0 radical (unpaired) electrons. The van der Waals surface area contributed by atoms with E-state index in [1.807, 2.05) is 25.6 Å². The van der Waals surface area contributed by atoms with Gasteiger partial charge in [-0.05, 0) is 33.2 Å². The molecule has 0 aliphatic carbocycles. The number of aryl methyl sites for hydroxylation is 2. The van der Waals surface area contributed by atoms with Crippen molar-refractivity contribution in [3.63, 3.8) is 0 Å². The Morgan fingerprint density at radius 2 is 2.05 bits per heavy atom. The van der Waals surface area contributed by atoms with Crippen LogP contribution in [0.3, 0.4) is 0 Å². The lowest BCUT2D eigenvalue weighted by Crippen LogP contribution is -2.22. The standard InChI is InChI=1S/C14H21N5/c1-12(14-13(2)17-6-7-18-14)16-5-3-4-9-19-10-8-15-11-19/h6-8,10-12,16H,3-5,9H2,1-2H3. The Morgan fingerprint density at radius 3 is 2.79 bits per heavy atom. The van der Waals surface area contributed by atoms with Gasteiger partial charge in [0.2, 0.25) is 0 Å². The Labute approximate surface area is 114 Å². The van der Waals surface area contributed by atoms with Crippen molar-refractivity contribution < 1.29 is 0 Å². The van der Waals surface area contributed by atoms with E-state index in [4.69, 9.17) is 0 Å². The maximum absolute atomic E-state index is 4.38. The number of aromatic nitrogens is 4. The van der Waals surface area contributed by atoms with Crippen molar-refractivity contribution in [2.45, 2.75) is 39.3 Å². The first-order chi connectivity index (χ1) is 9.27. The molecule has 19 heavy (non-hydrogen) atoms. The van der Waals surface area contributed by atoms with Crippen LogP contribution in [0.4, 0.5) is 0 Å². The summed E-state index contributed by atoms with van der Waals surface area (Å²) in [6.45, 7) is 6.15. The zero-order chi connectivity index (χ0) is 13.5. The van der Waals surface area contributed by atoms with Gasteiger partial charge in [-0.15, -0.1) is 0 Å². The number of imidazole rings is 1. The molecule has 0 fully saturated rings. The number of hydrogen-bond donors (Lipinski definition) is 1. The highest BCUT2D eigenvalue weighted by Gasteiger charge is 2.08. The monoisotopic (exact) mass is 259 g/mol. The van der Waals surface area contributed by atoms with Gasteiger partial charge in [0, 0.05) is 37.4 Å². The minimum absolute atomic E-state index is 0.252. The highest BCUT2D eigenvalue weighted by atomic mass is 15.0. The van der Waals surface area contributed by atoms with Crippen molar-refractivity contribution >= 4 is 0 Å². The van der Waals surface area contributed by atoms with Gasteiger partial charge in [-0.25, -0.2) is 4.98 Å². The molecule has 2 rings (SSSR count). The maximum Gasteiger partial charge on any atom is 0.0945 e. The summed E-state index contributed by atoms with van der Waals surface area (Å²) >= 11 is 0. The van der Waals surface area contributed by atoms with Crippen molar-refractivity contribution in [3.05, 3.63) is 42.5 Å². The molecule has 0 aliphatic heterocycles. The van der Waals surface area contributed by atoms with Crippen molar-refractivity contribution in [2.24, 2.45) is 0 Å². The second kappa shape index (κ2) is 6.99. The Hall–Kier alpha value is -1.75. The van der Waals surface area contributed by atoms with Gasteiger partial charge in [0.05, 0.1) is 17.7 Å². The van der Waals surface area contributed by atoms with Crippen LogP contribution in [0, 0.1) is 6.92 Å². The minimum Gasteiger partial charge on any atom is -0.337 e. The maximum atomic E-state index is 4.38. The molecule has 5 heteroatoms. The molecule has 1 unspecified atom stereocenters. The van der Waals surface area contributed by atoms with Gasteiger partial charge >= 0.3 is 0 Å². The van der Waals surface area contributed by atoms with Crippen LogP contribution in [0.2, 0.25) is 0 Å². The molecule has 2 aromatic rings. The SMILES string of the molecule is Cc1nccnc1C(C)NCCCCn1ccnc1. The Morgan fingerprint density at radius 1 is 1.21 bits per heavy atom. The molecule has 1 atom stereocenters. The van der Waals surface area contributed by atoms with Crippen molar-refractivity contribution in [1.29, 1.82) is 0 Å². The normalized spacial score (nSPS) is 12.5. The second-order valence-electron chi connectivity index (χ2n) is 4.71. The first-order valence-corrected chi connectivity index (χ1v) is 6.74. The van der Waals surface area contributed by atoms with Crippen molar-refractivity contribution in [2.75, 3.05) is 6.54 Å². The van der Waals surface area contributed by atoms with Crippen LogP contribution < -0.4 is 5.32 Å². The van der Waals surface area contributed by atoms with E-state index in [0.717, 1.165) is 37.3 Å². The fourth-order valence-electron chi connectivity index (χ4n) is 2.10. The number of nitrogens with zero attached hydrogens (tertiary/aromatic N) is 4. The first kappa shape index (κ1) is 13.7. The summed E-state index contributed by atoms with van der Waals surface area (Å²) in [5, 5.41) is 3.49. The van der Waals surface area contributed by atoms with Gasteiger partial charge in [-0.2, -0.15) is 0 Å². The number of hydrogen-bond acceptors (Lipinski definition) is 4. The molecule has 2 heterocycles. The highest BCUT2D eigenvalue weighted by molar-refractivity contribution is 5.12. The van der Waals surface area contributed by atoms with Crippen LogP contribution in [0.25, 0.3) is 0 Å². The van der Waals surface area contributed by atoms with Crippen LogP contribution in [-0.2, 0) is 6.54 Å². The number of unbranched alkanes of at least 4 members (excludes halogenated alkanes) is 1. The van der Waals surface area contributed by atoms with Gasteiger partial charge in [0.25, 0.3) is 0 Å². The predicted octanol–water partition coefficient (Wildman–Crippen LogP) is 2.11. The summed E-state index contributed by atoms with van der Waals surface area (Å²) < 4.78 is 2.11. The summed E-state index contributed by atoms with van der Waals surface area (Å²) in [5.41, 5.74) is 2.04. The van der Waals surface area contributed by atoms with Crippen molar-refractivity contribution in [1.82, 2.24) is 24.8 Å². The fourth-order valence-corrected chi connectivity index (χ4v) is 2.10. The average molecular weight is 259 g/mol. The van der Waals surface area contributed by atoms with Gasteiger partial charge in [0.1, 0.15) is 0 Å². The molecule has 2 aromatic heterocycles. The summed E-state index contributed by atoms with van der Waals surface area (Å²) in [6.07, 6.45) is 11.4. The molecule has 0 aromatic carbocycles. The Kier molecular flexibility index (Phi) is 5.03. The summed E-state index contributed by atoms with van der Waals surface area (Å²) in [5.74, 6) is 0. The molecular formula is C14H21N5. The zero-order valence-electron chi connectivity index (χ0n) is 11.6. The van der Waals surface area contributed by atoms with E-state index in [-0.39, 0.29) is 6.04 Å². The van der Waals surface area contributed by atoms with Crippen LogP contribution in [0.1, 0.15) is 37.2 Å². The van der Waals surface area contributed by atoms with Crippen LogP contribution in [-0.4, -0.2) is 26.1 Å². The van der Waals surface area contributed by atoms with E-state index >= 15 is 0 Å². The molecule has 0 saturated heterocycles. The zero-order valence-corrected chi connectivity index (χ0v) is 11.6. The number of rotatable bonds is 7. The molecule has 0 bridgehead atoms. The fraction of sp³-hybridized carbons (Fsp3) is 0.500. The Balaban J connectivity index is 1.67. The molecule has 5 nitrogen and oxygen atoms in total. The minimum atomic E-state index is 0.252. The van der Waals surface area contributed by atoms with E-state index in [1.54, 1.807) is 12.4 Å². The van der Waals surface area contributed by atoms with E-state index < -0.39 is 0 Å². The quantitative estimate of drug-likeness (QED) is 0.774. The van der Waals surface area contributed by atoms with E-state index in [2.05, 4.69) is 31.8 Å². The van der Waals surface area contributed by atoms with Gasteiger partial charge in [-0.3, -0.25) is 9.97 Å². The average Bonchev–Trinajstić information content (AvgIpc) is 2.92. The third-order valence-electron chi connectivity index (χ3n) is 3.18. The molecule has 0 spiro atoms. The second-order valence-corrected chi connectivity index (χ2v) is 4.71. The molecule has 0 saturated carbocycles. The molecule has 102 valence electrons. The van der Waals surface area contributed by atoms with Gasteiger partial charge < -0.3 is 9.88 Å². The lowest BCUT2D eigenvalue weighted by molar-refractivity contribution is 0.513. The molecule has 0 aliphatic rings. The predicted molar refractivity (Wildman–Crippen MR) is 74.6 cm³/mol. The topological polar surface area (TPSA) is 55.6 Å².